The Balaban J connectivity index is 2.14. The monoisotopic (exact) mass is 267 g/mol. The van der Waals surface area contributed by atoms with E-state index in [0.29, 0.717) is 6.04 Å². The zero-order valence-corrected chi connectivity index (χ0v) is 13.0. The summed E-state index contributed by atoms with van der Waals surface area (Å²) in [4.78, 5) is 0. The lowest BCUT2D eigenvalue weighted by atomic mass is 9.82. The van der Waals surface area contributed by atoms with Crippen molar-refractivity contribution in [2.45, 2.75) is 33.2 Å². The number of rotatable bonds is 4. The summed E-state index contributed by atoms with van der Waals surface area (Å²) in [6.07, 6.45) is 1.00. The molecule has 2 rings (SSSR count). The zero-order chi connectivity index (χ0) is 14.6. The maximum Gasteiger partial charge on any atom is 0.0366 e. The van der Waals surface area contributed by atoms with Gasteiger partial charge in [0.15, 0.2) is 0 Å². The van der Waals surface area contributed by atoms with E-state index in [1.54, 1.807) is 0 Å². The Labute approximate surface area is 123 Å². The molecule has 0 saturated heterocycles. The summed E-state index contributed by atoms with van der Waals surface area (Å²) in [6, 6.07) is 20.0. The van der Waals surface area contributed by atoms with Crippen molar-refractivity contribution >= 4 is 0 Å². The Bertz CT molecular complexity index is 520. The van der Waals surface area contributed by atoms with Crippen molar-refractivity contribution in [3.63, 3.8) is 0 Å². The van der Waals surface area contributed by atoms with Crippen LogP contribution in [0.3, 0.4) is 0 Å². The highest BCUT2D eigenvalue weighted by molar-refractivity contribution is 5.30. The smallest absolute Gasteiger partial charge is 0.0366 e. The molecular weight excluding hydrogens is 242 g/mol. The summed E-state index contributed by atoms with van der Waals surface area (Å²) in [6.45, 7) is 6.81. The van der Waals surface area contributed by atoms with E-state index in [4.69, 9.17) is 0 Å². The van der Waals surface area contributed by atoms with Gasteiger partial charge in [-0.05, 0) is 35.6 Å². The van der Waals surface area contributed by atoms with Crippen molar-refractivity contribution in [1.29, 1.82) is 0 Å². The van der Waals surface area contributed by atoms with E-state index in [2.05, 4.69) is 80.7 Å². The Hall–Kier alpha value is -1.60. The van der Waals surface area contributed by atoms with Gasteiger partial charge in [-0.25, -0.2) is 0 Å². The predicted octanol–water partition coefficient (Wildman–Crippen LogP) is 4.58. The van der Waals surface area contributed by atoms with Crippen LogP contribution in [0.15, 0.2) is 54.6 Å². The molecule has 0 fully saturated rings. The van der Waals surface area contributed by atoms with Crippen molar-refractivity contribution in [2.75, 3.05) is 7.05 Å². The Morgan fingerprint density at radius 2 is 1.40 bits per heavy atom. The molecule has 0 amide bonds. The average molecular weight is 267 g/mol. The van der Waals surface area contributed by atoms with E-state index in [1.165, 1.54) is 16.7 Å². The number of hydrogen-bond acceptors (Lipinski definition) is 1. The normalized spacial score (nSPS) is 13.2. The maximum absolute atomic E-state index is 3.43. The second kappa shape index (κ2) is 6.23. The highest BCUT2D eigenvalue weighted by atomic mass is 14.9. The summed E-state index contributed by atoms with van der Waals surface area (Å²) in [5, 5.41) is 3.43. The first-order chi connectivity index (χ1) is 9.50. The summed E-state index contributed by atoms with van der Waals surface area (Å²) in [5.41, 5.74) is 4.30. The van der Waals surface area contributed by atoms with Gasteiger partial charge in [0.05, 0.1) is 0 Å². The molecule has 2 aromatic rings. The summed E-state index contributed by atoms with van der Waals surface area (Å²) in [5.74, 6) is 0. The quantitative estimate of drug-likeness (QED) is 0.854. The fraction of sp³-hybridized carbons (Fsp3) is 0.368. The fourth-order valence-corrected chi connectivity index (χ4v) is 2.76. The molecular formula is C19H25N. The summed E-state index contributed by atoms with van der Waals surface area (Å²) in [7, 11) is 2.04. The van der Waals surface area contributed by atoms with E-state index in [1.807, 2.05) is 7.05 Å². The molecule has 0 saturated carbocycles. The van der Waals surface area contributed by atoms with E-state index >= 15 is 0 Å². The van der Waals surface area contributed by atoms with Crippen LogP contribution in [0, 0.1) is 5.41 Å². The molecule has 0 aliphatic carbocycles. The molecule has 0 radical (unpaired) electrons. The molecule has 106 valence electrons. The lowest BCUT2D eigenvalue weighted by molar-refractivity contribution is 0.287. The predicted molar refractivity (Wildman–Crippen MR) is 86.9 cm³/mol. The minimum Gasteiger partial charge on any atom is -0.313 e. The third-order valence-electron chi connectivity index (χ3n) is 3.72. The van der Waals surface area contributed by atoms with Crippen molar-refractivity contribution in [3.8, 4) is 0 Å². The van der Waals surface area contributed by atoms with Crippen molar-refractivity contribution in [1.82, 2.24) is 5.32 Å². The largest absolute Gasteiger partial charge is 0.313 e. The van der Waals surface area contributed by atoms with Gasteiger partial charge in [-0.3, -0.25) is 0 Å². The van der Waals surface area contributed by atoms with Crippen LogP contribution in [0.4, 0.5) is 0 Å². The first-order valence-electron chi connectivity index (χ1n) is 7.31. The van der Waals surface area contributed by atoms with E-state index < -0.39 is 0 Å². The molecule has 0 aliphatic heterocycles. The molecule has 0 aromatic heterocycles. The number of hydrogen-bond donors (Lipinski definition) is 1. The Kier molecular flexibility index (Phi) is 4.61. The van der Waals surface area contributed by atoms with Crippen LogP contribution in [0.25, 0.3) is 0 Å². The first kappa shape index (κ1) is 14.8. The van der Waals surface area contributed by atoms with Gasteiger partial charge in [-0.1, -0.05) is 75.4 Å². The van der Waals surface area contributed by atoms with E-state index in [9.17, 15) is 0 Å². The minimum atomic E-state index is 0.218. The molecule has 1 N–H and O–H groups in total. The van der Waals surface area contributed by atoms with E-state index in [0.717, 1.165) is 6.42 Å². The van der Waals surface area contributed by atoms with Crippen LogP contribution in [0.1, 0.15) is 43.5 Å². The molecule has 20 heavy (non-hydrogen) atoms. The van der Waals surface area contributed by atoms with Gasteiger partial charge < -0.3 is 5.32 Å². The third-order valence-corrected chi connectivity index (χ3v) is 3.72. The van der Waals surface area contributed by atoms with Gasteiger partial charge in [0.2, 0.25) is 0 Å². The topological polar surface area (TPSA) is 12.0 Å². The maximum atomic E-state index is 3.43. The highest BCUT2D eigenvalue weighted by Crippen LogP contribution is 2.32. The van der Waals surface area contributed by atoms with Gasteiger partial charge in [0, 0.05) is 6.04 Å². The molecule has 0 heterocycles. The van der Waals surface area contributed by atoms with Gasteiger partial charge in [0.1, 0.15) is 0 Å². The Morgan fingerprint density at radius 1 is 0.850 bits per heavy atom. The van der Waals surface area contributed by atoms with Crippen molar-refractivity contribution in [2.24, 2.45) is 5.41 Å². The molecule has 1 atom stereocenters. The number of nitrogens with one attached hydrogen (secondary N) is 1. The minimum absolute atomic E-state index is 0.218. The van der Waals surface area contributed by atoms with E-state index in [-0.39, 0.29) is 5.41 Å². The average Bonchev–Trinajstić information content (AvgIpc) is 2.41. The molecule has 2 aromatic carbocycles. The molecule has 0 aliphatic rings. The van der Waals surface area contributed by atoms with Crippen LogP contribution in [0.5, 0.6) is 0 Å². The van der Waals surface area contributed by atoms with Crippen LogP contribution >= 0.6 is 0 Å². The third kappa shape index (κ3) is 3.71. The van der Waals surface area contributed by atoms with Gasteiger partial charge in [-0.2, -0.15) is 0 Å². The van der Waals surface area contributed by atoms with Crippen molar-refractivity contribution < 1.29 is 0 Å². The lowest BCUT2D eigenvalue weighted by Gasteiger charge is -2.31. The Morgan fingerprint density at radius 3 is 1.90 bits per heavy atom. The second-order valence-corrected chi connectivity index (χ2v) is 6.49. The van der Waals surface area contributed by atoms with Crippen LogP contribution in [-0.2, 0) is 6.42 Å². The van der Waals surface area contributed by atoms with Gasteiger partial charge >= 0.3 is 0 Å². The van der Waals surface area contributed by atoms with Gasteiger partial charge in [0.25, 0.3) is 0 Å². The highest BCUT2D eigenvalue weighted by Gasteiger charge is 2.24. The van der Waals surface area contributed by atoms with Crippen LogP contribution in [-0.4, -0.2) is 7.05 Å². The first-order valence-corrected chi connectivity index (χ1v) is 7.31. The molecule has 1 unspecified atom stereocenters. The second-order valence-electron chi connectivity index (χ2n) is 6.49. The SMILES string of the molecule is CNC(c1ccc(Cc2ccccc2)cc1)C(C)(C)C. The fourth-order valence-electron chi connectivity index (χ4n) is 2.76. The molecule has 1 nitrogen and oxygen atoms in total. The lowest BCUT2D eigenvalue weighted by Crippen LogP contribution is -2.29. The molecule has 0 spiro atoms. The molecule has 0 bridgehead atoms. The van der Waals surface area contributed by atoms with Gasteiger partial charge in [-0.15, -0.1) is 0 Å². The van der Waals surface area contributed by atoms with Crippen molar-refractivity contribution in [3.05, 3.63) is 71.3 Å². The summed E-state index contributed by atoms with van der Waals surface area (Å²) < 4.78 is 0. The summed E-state index contributed by atoms with van der Waals surface area (Å²) >= 11 is 0. The number of benzene rings is 2. The van der Waals surface area contributed by atoms with Crippen LogP contribution < -0.4 is 5.32 Å². The molecule has 1 heteroatoms. The standard InChI is InChI=1S/C19H25N/c1-19(2,3)18(20-4)17-12-10-16(11-13-17)14-15-8-6-5-7-9-15/h5-13,18,20H,14H2,1-4H3. The van der Waals surface area contributed by atoms with Crippen LogP contribution in [0.2, 0.25) is 0 Å². The zero-order valence-electron chi connectivity index (χ0n) is 13.0.